The molecule has 1 fully saturated rings. The zero-order valence-corrected chi connectivity index (χ0v) is 12.4. The number of rotatable bonds is 3. The molecule has 0 unspecified atom stereocenters. The molecule has 0 atom stereocenters. The Morgan fingerprint density at radius 1 is 1.29 bits per heavy atom. The fraction of sp³-hybridized carbons (Fsp3) is 0.500. The Labute approximate surface area is 123 Å². The van der Waals surface area contributed by atoms with Gasteiger partial charge in [0.05, 0.1) is 10.8 Å². The normalized spacial score (nSPS) is 20.0. The second-order valence-electron chi connectivity index (χ2n) is 5.51. The van der Waals surface area contributed by atoms with Gasteiger partial charge in [-0.15, -0.1) is 0 Å². The quantitative estimate of drug-likeness (QED) is 0.874. The molecule has 0 amide bonds. The predicted octanol–water partition coefficient (Wildman–Crippen LogP) is 1.14. The molecule has 0 spiro atoms. The number of carbonyl (C=O) groups is 1. The highest BCUT2D eigenvalue weighted by molar-refractivity contribution is 7.89. The van der Waals surface area contributed by atoms with Crippen molar-refractivity contribution >= 4 is 21.7 Å². The van der Waals surface area contributed by atoms with Crippen LogP contribution in [0.1, 0.15) is 18.4 Å². The second kappa shape index (κ2) is 5.31. The summed E-state index contributed by atoms with van der Waals surface area (Å²) in [6.45, 7) is 1.37. The first-order valence-corrected chi connectivity index (χ1v) is 8.52. The van der Waals surface area contributed by atoms with Gasteiger partial charge in [0.25, 0.3) is 0 Å². The molecule has 0 bridgehead atoms. The molecule has 6 nitrogen and oxygen atoms in total. The van der Waals surface area contributed by atoms with Crippen molar-refractivity contribution in [3.63, 3.8) is 0 Å². The van der Waals surface area contributed by atoms with Gasteiger partial charge in [0.15, 0.2) is 0 Å². The predicted molar refractivity (Wildman–Crippen MR) is 77.8 cm³/mol. The lowest BCUT2D eigenvalue weighted by Crippen LogP contribution is -2.40. The molecule has 0 aromatic heterocycles. The molecule has 0 saturated carbocycles. The first-order valence-electron chi connectivity index (χ1n) is 7.08. The van der Waals surface area contributed by atoms with E-state index >= 15 is 0 Å². The molecular weight excluding hydrogens is 292 g/mol. The maximum absolute atomic E-state index is 12.6. The Morgan fingerprint density at radius 2 is 2.00 bits per heavy atom. The summed E-state index contributed by atoms with van der Waals surface area (Å²) >= 11 is 0. The molecule has 2 N–H and O–H groups in total. The standard InChI is InChI=1S/C14H18N2O4S/c17-14(18)11-4-7-16(8-5-11)21(19,20)12-2-1-10-3-6-15-13(10)9-12/h1-2,9,11,15H,3-8H2,(H,17,18). The summed E-state index contributed by atoms with van der Waals surface area (Å²) in [5.74, 6) is -1.27. The van der Waals surface area contributed by atoms with Crippen molar-refractivity contribution in [3.05, 3.63) is 23.8 Å². The van der Waals surface area contributed by atoms with Gasteiger partial charge in [-0.1, -0.05) is 6.07 Å². The van der Waals surface area contributed by atoms with Gasteiger partial charge in [-0.25, -0.2) is 8.42 Å². The largest absolute Gasteiger partial charge is 0.481 e. The second-order valence-corrected chi connectivity index (χ2v) is 7.45. The van der Waals surface area contributed by atoms with Crippen molar-refractivity contribution in [2.75, 3.05) is 25.0 Å². The van der Waals surface area contributed by atoms with Crippen LogP contribution in [-0.4, -0.2) is 43.4 Å². The molecule has 2 aliphatic heterocycles. The van der Waals surface area contributed by atoms with Crippen LogP contribution in [0.4, 0.5) is 5.69 Å². The number of benzene rings is 1. The van der Waals surface area contributed by atoms with E-state index in [2.05, 4.69) is 5.32 Å². The van der Waals surface area contributed by atoms with Crippen LogP contribution in [0.3, 0.4) is 0 Å². The molecule has 114 valence electrons. The molecule has 1 saturated heterocycles. The Balaban J connectivity index is 1.80. The molecule has 1 aromatic rings. The third-order valence-electron chi connectivity index (χ3n) is 4.23. The van der Waals surface area contributed by atoms with Crippen LogP contribution in [0.2, 0.25) is 0 Å². The number of anilines is 1. The minimum Gasteiger partial charge on any atom is -0.481 e. The van der Waals surface area contributed by atoms with Crippen molar-refractivity contribution in [2.45, 2.75) is 24.2 Å². The Kier molecular flexibility index (Phi) is 3.62. The van der Waals surface area contributed by atoms with Gasteiger partial charge in [-0.05, 0) is 37.0 Å². The van der Waals surface area contributed by atoms with Gasteiger partial charge in [0, 0.05) is 25.3 Å². The minimum absolute atomic E-state index is 0.268. The van der Waals surface area contributed by atoms with Crippen molar-refractivity contribution in [1.29, 1.82) is 0 Å². The van der Waals surface area contributed by atoms with Gasteiger partial charge in [0.1, 0.15) is 0 Å². The molecule has 1 aromatic carbocycles. The van der Waals surface area contributed by atoms with Crippen molar-refractivity contribution in [2.24, 2.45) is 5.92 Å². The SMILES string of the molecule is O=C(O)C1CCN(S(=O)(=O)c2ccc3c(c2)NCC3)CC1. The lowest BCUT2D eigenvalue weighted by Gasteiger charge is -2.29. The van der Waals surface area contributed by atoms with Crippen LogP contribution in [0.25, 0.3) is 0 Å². The summed E-state index contributed by atoms with van der Waals surface area (Å²) < 4.78 is 26.6. The smallest absolute Gasteiger partial charge is 0.306 e. The number of aliphatic carboxylic acids is 1. The zero-order valence-electron chi connectivity index (χ0n) is 11.6. The third-order valence-corrected chi connectivity index (χ3v) is 6.13. The summed E-state index contributed by atoms with van der Waals surface area (Å²) in [6.07, 6.45) is 1.66. The summed E-state index contributed by atoms with van der Waals surface area (Å²) in [5.41, 5.74) is 2.02. The number of piperidine rings is 1. The van der Waals surface area contributed by atoms with Crippen molar-refractivity contribution < 1.29 is 18.3 Å². The number of hydrogen-bond acceptors (Lipinski definition) is 4. The molecule has 2 aliphatic rings. The number of sulfonamides is 1. The van der Waals surface area contributed by atoms with Gasteiger partial charge in [-0.2, -0.15) is 4.31 Å². The number of carboxylic acid groups (broad SMARTS) is 1. The fourth-order valence-corrected chi connectivity index (χ4v) is 4.42. The molecule has 0 aliphatic carbocycles. The van der Waals surface area contributed by atoms with E-state index in [4.69, 9.17) is 5.11 Å². The number of nitrogens with zero attached hydrogens (tertiary/aromatic N) is 1. The number of fused-ring (bicyclic) bond motifs is 1. The Morgan fingerprint density at radius 3 is 2.67 bits per heavy atom. The summed E-state index contributed by atoms with van der Waals surface area (Å²) in [4.78, 5) is 11.2. The highest BCUT2D eigenvalue weighted by Crippen LogP contribution is 2.29. The molecule has 7 heteroatoms. The molecular formula is C14H18N2O4S. The van der Waals surface area contributed by atoms with Gasteiger partial charge >= 0.3 is 5.97 Å². The minimum atomic E-state index is -3.53. The van der Waals surface area contributed by atoms with E-state index in [1.807, 2.05) is 6.07 Å². The lowest BCUT2D eigenvalue weighted by atomic mass is 9.99. The highest BCUT2D eigenvalue weighted by atomic mass is 32.2. The van der Waals surface area contributed by atoms with Crippen LogP contribution < -0.4 is 5.32 Å². The first-order chi connectivity index (χ1) is 9.98. The van der Waals surface area contributed by atoms with Crippen LogP contribution in [-0.2, 0) is 21.2 Å². The average molecular weight is 310 g/mol. The van der Waals surface area contributed by atoms with E-state index < -0.39 is 21.9 Å². The molecule has 2 heterocycles. The maximum Gasteiger partial charge on any atom is 0.306 e. The number of carboxylic acids is 1. The Bertz CT molecular complexity index is 664. The van der Waals surface area contributed by atoms with Crippen LogP contribution in [0, 0.1) is 5.92 Å². The van der Waals surface area contributed by atoms with E-state index in [9.17, 15) is 13.2 Å². The summed E-state index contributed by atoms with van der Waals surface area (Å²) in [5, 5.41) is 12.2. The van der Waals surface area contributed by atoms with Crippen LogP contribution in [0.15, 0.2) is 23.1 Å². The van der Waals surface area contributed by atoms with Gasteiger partial charge in [-0.3, -0.25) is 4.79 Å². The topological polar surface area (TPSA) is 86.7 Å². The van der Waals surface area contributed by atoms with Crippen LogP contribution in [0.5, 0.6) is 0 Å². The summed E-state index contributed by atoms with van der Waals surface area (Å²) in [7, 11) is -3.53. The number of nitrogens with one attached hydrogen (secondary N) is 1. The molecule has 21 heavy (non-hydrogen) atoms. The van der Waals surface area contributed by atoms with Gasteiger partial charge < -0.3 is 10.4 Å². The van der Waals surface area contributed by atoms with E-state index in [0.29, 0.717) is 12.8 Å². The van der Waals surface area contributed by atoms with Crippen molar-refractivity contribution in [1.82, 2.24) is 4.31 Å². The monoisotopic (exact) mass is 310 g/mol. The molecule has 3 rings (SSSR count). The highest BCUT2D eigenvalue weighted by Gasteiger charge is 2.32. The van der Waals surface area contributed by atoms with E-state index in [-0.39, 0.29) is 18.0 Å². The molecule has 0 radical (unpaired) electrons. The zero-order chi connectivity index (χ0) is 15.0. The summed E-state index contributed by atoms with van der Waals surface area (Å²) in [6, 6.07) is 5.18. The van der Waals surface area contributed by atoms with Crippen LogP contribution >= 0.6 is 0 Å². The van der Waals surface area contributed by atoms with E-state index in [1.54, 1.807) is 12.1 Å². The average Bonchev–Trinajstić information content (AvgIpc) is 2.94. The maximum atomic E-state index is 12.6. The third kappa shape index (κ3) is 2.63. The fourth-order valence-electron chi connectivity index (χ4n) is 2.92. The first kappa shape index (κ1) is 14.3. The van der Waals surface area contributed by atoms with Gasteiger partial charge in [0.2, 0.25) is 10.0 Å². The van der Waals surface area contributed by atoms with Crippen molar-refractivity contribution in [3.8, 4) is 0 Å². The Hall–Kier alpha value is -1.60. The number of hydrogen-bond donors (Lipinski definition) is 2. The van der Waals surface area contributed by atoms with E-state index in [0.717, 1.165) is 24.2 Å². The lowest BCUT2D eigenvalue weighted by molar-refractivity contribution is -0.142. The van der Waals surface area contributed by atoms with E-state index in [1.165, 1.54) is 4.31 Å².